The molecule has 0 saturated carbocycles. The van der Waals surface area contributed by atoms with Gasteiger partial charge in [0.1, 0.15) is 5.82 Å². The Morgan fingerprint density at radius 2 is 2.17 bits per heavy atom. The summed E-state index contributed by atoms with van der Waals surface area (Å²) in [6.07, 6.45) is 1.51. The third kappa shape index (κ3) is 4.17. The quantitative estimate of drug-likeness (QED) is 0.632. The maximum absolute atomic E-state index is 14.0. The van der Waals surface area contributed by atoms with Crippen LogP contribution in [0.3, 0.4) is 0 Å². The first-order valence-electron chi connectivity index (χ1n) is 6.95. The van der Waals surface area contributed by atoms with Crippen LogP contribution in [0.2, 0.25) is 0 Å². The molecule has 1 fully saturated rings. The predicted molar refractivity (Wildman–Crippen MR) is 85.7 cm³/mol. The Hall–Kier alpha value is -1.29. The molecule has 1 aliphatic rings. The summed E-state index contributed by atoms with van der Waals surface area (Å²) in [5.41, 5.74) is -0.726. The summed E-state index contributed by atoms with van der Waals surface area (Å²) in [4.78, 5) is 9.30. The lowest BCUT2D eigenvalue weighted by Gasteiger charge is -2.31. The molecular weight excluding hydrogens is 349 g/mol. The van der Waals surface area contributed by atoms with Gasteiger partial charge in [0.05, 0.1) is 4.92 Å². The molecule has 0 spiro atoms. The average molecular weight is 368 g/mol. The lowest BCUT2D eigenvalue weighted by atomic mass is 10.00. The average Bonchev–Trinajstić information content (AvgIpc) is 2.47. The summed E-state index contributed by atoms with van der Waals surface area (Å²) in [7, 11) is -2.46. The van der Waals surface area contributed by atoms with E-state index in [0.29, 0.717) is 13.0 Å². The molecule has 1 saturated heterocycles. The third-order valence-electron chi connectivity index (χ3n) is 3.72. The first kappa shape index (κ1) is 19.8. The van der Waals surface area contributed by atoms with E-state index in [9.17, 15) is 22.9 Å². The van der Waals surface area contributed by atoms with Crippen LogP contribution in [0.1, 0.15) is 12.8 Å². The molecule has 1 atom stereocenters. The number of hydrogen-bond donors (Lipinski definition) is 1. The highest BCUT2D eigenvalue weighted by Crippen LogP contribution is 2.31. The van der Waals surface area contributed by atoms with E-state index in [0.717, 1.165) is 28.9 Å². The summed E-state index contributed by atoms with van der Waals surface area (Å²) >= 11 is 0. The number of piperidine rings is 1. The minimum absolute atomic E-state index is 0. The fourth-order valence-electron chi connectivity index (χ4n) is 2.73. The normalized spacial score (nSPS) is 19.1. The van der Waals surface area contributed by atoms with Gasteiger partial charge in [0, 0.05) is 19.2 Å². The van der Waals surface area contributed by atoms with Gasteiger partial charge in [-0.2, -0.15) is 4.31 Å². The van der Waals surface area contributed by atoms with Crippen LogP contribution in [0.25, 0.3) is 0 Å². The van der Waals surface area contributed by atoms with Crippen LogP contribution in [-0.2, 0) is 10.0 Å². The molecule has 0 radical (unpaired) electrons. The monoisotopic (exact) mass is 367 g/mol. The number of benzene rings is 1. The summed E-state index contributed by atoms with van der Waals surface area (Å²) in [5.74, 6) is -0.982. The largest absolute Gasteiger partial charge is 0.319 e. The van der Waals surface area contributed by atoms with Crippen molar-refractivity contribution in [2.75, 3.05) is 26.7 Å². The number of nitro groups is 1. The van der Waals surface area contributed by atoms with Crippen LogP contribution in [0.15, 0.2) is 23.1 Å². The van der Waals surface area contributed by atoms with Crippen LogP contribution in [0.5, 0.6) is 0 Å². The molecule has 1 unspecified atom stereocenters. The fraction of sp³-hybridized carbons (Fsp3) is 0.538. The Morgan fingerprint density at radius 3 is 2.78 bits per heavy atom. The molecule has 0 aliphatic carbocycles. The van der Waals surface area contributed by atoms with Crippen molar-refractivity contribution in [2.45, 2.75) is 17.7 Å². The Bertz CT molecular complexity index is 669. The molecule has 7 nitrogen and oxygen atoms in total. The van der Waals surface area contributed by atoms with Gasteiger partial charge in [0.2, 0.25) is 0 Å². The summed E-state index contributed by atoms with van der Waals surface area (Å²) in [5, 5.41) is 14.0. The molecule has 130 valence electrons. The SMILES string of the molecule is CNCC1CCCN(S(=O)(=O)c2c(F)cccc2[N+](=O)[O-])C1.Cl. The number of hydrogen-bond acceptors (Lipinski definition) is 5. The van der Waals surface area contributed by atoms with Gasteiger partial charge in [-0.15, -0.1) is 12.4 Å². The van der Waals surface area contributed by atoms with Crippen molar-refractivity contribution in [3.63, 3.8) is 0 Å². The third-order valence-corrected chi connectivity index (χ3v) is 5.65. The van der Waals surface area contributed by atoms with Crippen molar-refractivity contribution in [2.24, 2.45) is 5.92 Å². The minimum Gasteiger partial charge on any atom is -0.319 e. The van der Waals surface area contributed by atoms with Crippen molar-refractivity contribution in [1.29, 1.82) is 0 Å². The number of halogens is 2. The van der Waals surface area contributed by atoms with E-state index in [2.05, 4.69) is 5.32 Å². The Balaban J connectivity index is 0.00000264. The highest BCUT2D eigenvalue weighted by atomic mass is 35.5. The van der Waals surface area contributed by atoms with Crippen LogP contribution in [-0.4, -0.2) is 44.3 Å². The fourth-order valence-corrected chi connectivity index (χ4v) is 4.48. The van der Waals surface area contributed by atoms with Gasteiger partial charge in [-0.05, 0) is 38.4 Å². The van der Waals surface area contributed by atoms with Gasteiger partial charge >= 0.3 is 0 Å². The van der Waals surface area contributed by atoms with Gasteiger partial charge in [0.25, 0.3) is 15.7 Å². The summed E-state index contributed by atoms with van der Waals surface area (Å²) < 4.78 is 40.4. The Kier molecular flexibility index (Phi) is 6.87. The molecule has 0 bridgehead atoms. The van der Waals surface area contributed by atoms with E-state index < -0.39 is 31.3 Å². The standard InChI is InChI=1S/C13H18FN3O4S.ClH/c1-15-8-10-4-3-7-16(9-10)22(20,21)13-11(14)5-2-6-12(13)17(18)19;/h2,5-6,10,15H,3-4,7-9H2,1H3;1H. The summed E-state index contributed by atoms with van der Waals surface area (Å²) in [6, 6.07) is 3.06. The molecule has 2 rings (SSSR count). The van der Waals surface area contributed by atoms with Gasteiger partial charge in [-0.3, -0.25) is 10.1 Å². The number of nitrogens with zero attached hydrogens (tertiary/aromatic N) is 2. The number of nitrogens with one attached hydrogen (secondary N) is 1. The molecule has 10 heteroatoms. The molecule has 1 aromatic rings. The van der Waals surface area contributed by atoms with E-state index in [4.69, 9.17) is 0 Å². The Labute approximate surface area is 140 Å². The lowest BCUT2D eigenvalue weighted by molar-refractivity contribution is -0.388. The summed E-state index contributed by atoms with van der Waals surface area (Å²) in [6.45, 7) is 1.12. The smallest absolute Gasteiger partial charge is 0.292 e. The van der Waals surface area contributed by atoms with E-state index in [1.165, 1.54) is 0 Å². The predicted octanol–water partition coefficient (Wildman–Crippen LogP) is 1.78. The topological polar surface area (TPSA) is 92.6 Å². The Morgan fingerprint density at radius 1 is 1.48 bits per heavy atom. The van der Waals surface area contributed by atoms with E-state index >= 15 is 0 Å². The van der Waals surface area contributed by atoms with Crippen molar-refractivity contribution >= 4 is 28.1 Å². The van der Waals surface area contributed by atoms with Crippen molar-refractivity contribution in [3.05, 3.63) is 34.1 Å². The molecule has 1 heterocycles. The first-order valence-corrected chi connectivity index (χ1v) is 8.39. The van der Waals surface area contributed by atoms with Crippen LogP contribution >= 0.6 is 12.4 Å². The van der Waals surface area contributed by atoms with Crippen LogP contribution in [0.4, 0.5) is 10.1 Å². The van der Waals surface area contributed by atoms with E-state index in [1.54, 1.807) is 7.05 Å². The molecule has 1 aliphatic heterocycles. The van der Waals surface area contributed by atoms with Crippen LogP contribution in [0, 0.1) is 21.8 Å². The minimum atomic E-state index is -4.23. The first-order chi connectivity index (χ1) is 10.4. The van der Waals surface area contributed by atoms with Gasteiger partial charge in [-0.25, -0.2) is 12.8 Å². The van der Waals surface area contributed by atoms with Crippen molar-refractivity contribution in [3.8, 4) is 0 Å². The second-order valence-electron chi connectivity index (χ2n) is 5.27. The molecule has 1 N–H and O–H groups in total. The molecular formula is C13H19ClFN3O4S. The zero-order valence-corrected chi connectivity index (χ0v) is 14.2. The van der Waals surface area contributed by atoms with Gasteiger partial charge in [0.15, 0.2) is 4.90 Å². The van der Waals surface area contributed by atoms with Gasteiger partial charge < -0.3 is 5.32 Å². The van der Waals surface area contributed by atoms with Crippen molar-refractivity contribution < 1.29 is 17.7 Å². The zero-order valence-electron chi connectivity index (χ0n) is 12.6. The molecule has 23 heavy (non-hydrogen) atoms. The highest BCUT2D eigenvalue weighted by Gasteiger charge is 2.37. The number of rotatable bonds is 5. The molecule has 1 aromatic carbocycles. The highest BCUT2D eigenvalue weighted by molar-refractivity contribution is 7.89. The number of nitro benzene ring substituents is 1. The second kappa shape index (κ2) is 8.00. The maximum atomic E-state index is 14.0. The second-order valence-corrected chi connectivity index (χ2v) is 7.15. The molecule has 0 amide bonds. The van der Waals surface area contributed by atoms with Gasteiger partial charge in [-0.1, -0.05) is 6.07 Å². The maximum Gasteiger partial charge on any atom is 0.292 e. The zero-order chi connectivity index (χ0) is 16.3. The number of sulfonamides is 1. The van der Waals surface area contributed by atoms with Crippen molar-refractivity contribution in [1.82, 2.24) is 9.62 Å². The lowest BCUT2D eigenvalue weighted by Crippen LogP contribution is -2.42. The molecule has 0 aromatic heterocycles. The van der Waals surface area contributed by atoms with E-state index in [1.807, 2.05) is 0 Å². The van der Waals surface area contributed by atoms with Crippen LogP contribution < -0.4 is 5.32 Å². The van der Waals surface area contributed by atoms with E-state index in [-0.39, 0.29) is 31.4 Å².